The first-order valence-corrected chi connectivity index (χ1v) is 6.77. The van der Waals surface area contributed by atoms with Gasteiger partial charge in [0.1, 0.15) is 12.4 Å². The lowest BCUT2D eigenvalue weighted by molar-refractivity contribution is 0.102. The molecule has 2 aromatic rings. The van der Waals surface area contributed by atoms with Crippen molar-refractivity contribution in [1.82, 2.24) is 9.78 Å². The molecule has 0 atom stereocenters. The van der Waals surface area contributed by atoms with E-state index in [1.54, 1.807) is 28.9 Å². The van der Waals surface area contributed by atoms with Crippen LogP contribution in [-0.2, 0) is 7.05 Å². The van der Waals surface area contributed by atoms with Gasteiger partial charge in [0.05, 0.1) is 11.3 Å². The molecule has 1 aromatic heterocycles. The average molecular weight is 288 g/mol. The fraction of sp³-hybridized carbons (Fsp3) is 0.333. The van der Waals surface area contributed by atoms with Crippen LogP contribution >= 0.6 is 0 Å². The minimum atomic E-state index is -0.159. The Hall–Kier alpha value is -2.34. The van der Waals surface area contributed by atoms with E-state index >= 15 is 0 Å². The van der Waals surface area contributed by atoms with Crippen LogP contribution < -0.4 is 15.8 Å². The summed E-state index contributed by atoms with van der Waals surface area (Å²) in [6.07, 6.45) is 0. The Labute approximate surface area is 123 Å². The first kappa shape index (κ1) is 15.1. The topological polar surface area (TPSA) is 82.2 Å². The summed E-state index contributed by atoms with van der Waals surface area (Å²) in [5.74, 6) is 0.570. The number of ether oxygens (including phenoxy) is 1. The van der Waals surface area contributed by atoms with Crippen LogP contribution in [0.25, 0.3) is 0 Å². The maximum Gasteiger partial charge on any atom is 0.259 e. The van der Waals surface area contributed by atoms with Gasteiger partial charge in [-0.25, -0.2) is 0 Å². The summed E-state index contributed by atoms with van der Waals surface area (Å²) in [5.41, 5.74) is 8.26. The van der Waals surface area contributed by atoms with E-state index in [1.807, 2.05) is 20.9 Å². The Kier molecular flexibility index (Phi) is 4.59. The van der Waals surface area contributed by atoms with Crippen molar-refractivity contribution in [2.45, 2.75) is 13.8 Å². The summed E-state index contributed by atoms with van der Waals surface area (Å²) in [6, 6.07) is 7.19. The number of hydrogen-bond donors (Lipinski definition) is 2. The number of hydrogen-bond acceptors (Lipinski definition) is 4. The molecule has 1 aromatic carbocycles. The molecule has 1 amide bonds. The molecule has 3 N–H and O–H groups in total. The second-order valence-electron chi connectivity index (χ2n) is 4.79. The van der Waals surface area contributed by atoms with E-state index in [9.17, 15) is 4.79 Å². The lowest BCUT2D eigenvalue weighted by Crippen LogP contribution is -2.14. The number of amides is 1. The first-order valence-electron chi connectivity index (χ1n) is 6.77. The van der Waals surface area contributed by atoms with Crippen LogP contribution in [0.2, 0.25) is 0 Å². The molecule has 6 nitrogen and oxygen atoms in total. The maximum absolute atomic E-state index is 12.3. The normalized spacial score (nSPS) is 10.5. The van der Waals surface area contributed by atoms with E-state index in [0.717, 1.165) is 17.1 Å². The van der Waals surface area contributed by atoms with Crippen molar-refractivity contribution >= 4 is 11.6 Å². The third kappa shape index (κ3) is 3.41. The zero-order chi connectivity index (χ0) is 15.4. The molecule has 0 bridgehead atoms. The molecule has 0 saturated heterocycles. The maximum atomic E-state index is 12.3. The molecule has 21 heavy (non-hydrogen) atoms. The first-order chi connectivity index (χ1) is 10.0. The second-order valence-corrected chi connectivity index (χ2v) is 4.79. The Morgan fingerprint density at radius 1 is 1.33 bits per heavy atom. The fourth-order valence-electron chi connectivity index (χ4n) is 2.11. The summed E-state index contributed by atoms with van der Waals surface area (Å²) in [6.45, 7) is 4.64. The molecule has 112 valence electrons. The molecule has 0 aliphatic rings. The number of nitrogens with one attached hydrogen (secondary N) is 1. The van der Waals surface area contributed by atoms with Gasteiger partial charge in [0.15, 0.2) is 0 Å². The molecule has 0 spiro atoms. The van der Waals surface area contributed by atoms with Gasteiger partial charge in [-0.3, -0.25) is 9.48 Å². The van der Waals surface area contributed by atoms with Crippen molar-refractivity contribution in [2.24, 2.45) is 12.8 Å². The molecule has 6 heteroatoms. The number of benzene rings is 1. The molecule has 1 heterocycles. The minimum Gasteiger partial charge on any atom is -0.492 e. The Balaban J connectivity index is 2.09. The second kappa shape index (κ2) is 6.41. The van der Waals surface area contributed by atoms with Gasteiger partial charge >= 0.3 is 0 Å². The lowest BCUT2D eigenvalue weighted by atomic mass is 10.2. The third-order valence-corrected chi connectivity index (χ3v) is 3.23. The molecule has 0 radical (unpaired) electrons. The smallest absolute Gasteiger partial charge is 0.259 e. The molecule has 0 aliphatic carbocycles. The van der Waals surface area contributed by atoms with Crippen molar-refractivity contribution in [3.8, 4) is 5.75 Å². The highest BCUT2D eigenvalue weighted by Crippen LogP contribution is 2.18. The van der Waals surface area contributed by atoms with Crippen LogP contribution in [-0.4, -0.2) is 28.8 Å². The highest BCUT2D eigenvalue weighted by Gasteiger charge is 2.17. The standard InChI is InChI=1S/C15H20N4O2/c1-10-14(11(2)19(3)18-10)15(20)17-12-4-6-13(7-5-12)21-9-8-16/h4-7H,8-9,16H2,1-3H3,(H,17,20). The van der Waals surface area contributed by atoms with Crippen LogP contribution in [0.1, 0.15) is 21.7 Å². The monoisotopic (exact) mass is 288 g/mol. The number of nitrogens with two attached hydrogens (primary N) is 1. The molecular weight excluding hydrogens is 268 g/mol. The summed E-state index contributed by atoms with van der Waals surface area (Å²) >= 11 is 0. The molecule has 0 aliphatic heterocycles. The van der Waals surface area contributed by atoms with Gasteiger partial charge < -0.3 is 15.8 Å². The van der Waals surface area contributed by atoms with E-state index in [2.05, 4.69) is 10.4 Å². The number of carbonyl (C=O) groups is 1. The van der Waals surface area contributed by atoms with Crippen molar-refractivity contribution in [3.63, 3.8) is 0 Å². The number of aromatic nitrogens is 2. The summed E-state index contributed by atoms with van der Waals surface area (Å²) in [7, 11) is 1.82. The van der Waals surface area contributed by atoms with E-state index in [0.29, 0.717) is 24.4 Å². The molecular formula is C15H20N4O2. The Morgan fingerprint density at radius 3 is 2.52 bits per heavy atom. The van der Waals surface area contributed by atoms with E-state index in [4.69, 9.17) is 10.5 Å². The minimum absolute atomic E-state index is 0.159. The molecule has 0 fully saturated rings. The number of nitrogens with zero attached hydrogens (tertiary/aromatic N) is 2. The van der Waals surface area contributed by atoms with E-state index in [1.165, 1.54) is 0 Å². The Morgan fingerprint density at radius 2 is 2.00 bits per heavy atom. The van der Waals surface area contributed by atoms with E-state index in [-0.39, 0.29) is 5.91 Å². The number of aryl methyl sites for hydroxylation is 2. The predicted octanol–water partition coefficient (Wildman–Crippen LogP) is 1.63. The van der Waals surface area contributed by atoms with Gasteiger partial charge in [-0.2, -0.15) is 5.10 Å². The highest BCUT2D eigenvalue weighted by molar-refractivity contribution is 6.05. The zero-order valence-electron chi connectivity index (χ0n) is 12.5. The third-order valence-electron chi connectivity index (χ3n) is 3.23. The molecule has 0 saturated carbocycles. The summed E-state index contributed by atoms with van der Waals surface area (Å²) in [4.78, 5) is 12.3. The van der Waals surface area contributed by atoms with Gasteiger partial charge in [-0.1, -0.05) is 0 Å². The van der Waals surface area contributed by atoms with Crippen LogP contribution in [0.4, 0.5) is 5.69 Å². The largest absolute Gasteiger partial charge is 0.492 e. The molecule has 0 unspecified atom stereocenters. The van der Waals surface area contributed by atoms with Crippen LogP contribution in [0.3, 0.4) is 0 Å². The predicted molar refractivity (Wildman–Crippen MR) is 81.6 cm³/mol. The lowest BCUT2D eigenvalue weighted by Gasteiger charge is -2.08. The summed E-state index contributed by atoms with van der Waals surface area (Å²) < 4.78 is 7.09. The van der Waals surface area contributed by atoms with Gasteiger partial charge in [-0.05, 0) is 38.1 Å². The average Bonchev–Trinajstić information content (AvgIpc) is 2.71. The van der Waals surface area contributed by atoms with Crippen LogP contribution in [0, 0.1) is 13.8 Å². The van der Waals surface area contributed by atoms with Crippen LogP contribution in [0.15, 0.2) is 24.3 Å². The van der Waals surface area contributed by atoms with Gasteiger partial charge in [0.2, 0.25) is 0 Å². The number of carbonyl (C=O) groups excluding carboxylic acids is 1. The zero-order valence-corrected chi connectivity index (χ0v) is 12.5. The molecule has 2 rings (SSSR count). The van der Waals surface area contributed by atoms with Crippen molar-refractivity contribution in [2.75, 3.05) is 18.5 Å². The quantitative estimate of drug-likeness (QED) is 0.876. The fourth-order valence-corrected chi connectivity index (χ4v) is 2.11. The SMILES string of the molecule is Cc1nn(C)c(C)c1C(=O)Nc1ccc(OCCN)cc1. The number of anilines is 1. The number of rotatable bonds is 5. The summed E-state index contributed by atoms with van der Waals surface area (Å²) in [5, 5.41) is 7.11. The van der Waals surface area contributed by atoms with E-state index < -0.39 is 0 Å². The van der Waals surface area contributed by atoms with Gasteiger partial charge in [0, 0.05) is 25.0 Å². The Bertz CT molecular complexity index is 632. The van der Waals surface area contributed by atoms with Gasteiger partial charge in [-0.15, -0.1) is 0 Å². The van der Waals surface area contributed by atoms with Crippen molar-refractivity contribution in [3.05, 3.63) is 41.2 Å². The van der Waals surface area contributed by atoms with Gasteiger partial charge in [0.25, 0.3) is 5.91 Å². The van der Waals surface area contributed by atoms with Crippen molar-refractivity contribution < 1.29 is 9.53 Å². The highest BCUT2D eigenvalue weighted by atomic mass is 16.5. The van der Waals surface area contributed by atoms with Crippen molar-refractivity contribution in [1.29, 1.82) is 0 Å². The van der Waals surface area contributed by atoms with Crippen LogP contribution in [0.5, 0.6) is 5.75 Å².